The summed E-state index contributed by atoms with van der Waals surface area (Å²) in [5.41, 5.74) is 3.47. The molecule has 0 fully saturated rings. The Hall–Kier alpha value is -2.10. The van der Waals surface area contributed by atoms with E-state index in [0.29, 0.717) is 13.0 Å². The minimum absolute atomic E-state index is 0.0670. The molecule has 1 atom stereocenters. The molecular weight excluding hydrogens is 262 g/mol. The summed E-state index contributed by atoms with van der Waals surface area (Å²) < 4.78 is 1.85. The number of hydrogen-bond donors (Lipinski definition) is 1. The summed E-state index contributed by atoms with van der Waals surface area (Å²) in [6, 6.07) is 10.4. The minimum Gasteiger partial charge on any atom is -0.349 e. The monoisotopic (exact) mass is 285 g/mol. The molecule has 1 aromatic heterocycles. The number of hydrogen-bond acceptors (Lipinski definition) is 2. The highest BCUT2D eigenvalue weighted by atomic mass is 16.1. The number of rotatable bonds is 6. The van der Waals surface area contributed by atoms with Crippen molar-refractivity contribution >= 4 is 5.91 Å². The van der Waals surface area contributed by atoms with E-state index in [-0.39, 0.29) is 11.9 Å². The molecule has 1 heterocycles. The largest absolute Gasteiger partial charge is 0.349 e. The highest BCUT2D eigenvalue weighted by molar-refractivity contribution is 5.76. The quantitative estimate of drug-likeness (QED) is 0.886. The van der Waals surface area contributed by atoms with Crippen LogP contribution in [0.5, 0.6) is 0 Å². The summed E-state index contributed by atoms with van der Waals surface area (Å²) in [7, 11) is 0. The van der Waals surface area contributed by atoms with Crippen molar-refractivity contribution in [3.8, 4) is 0 Å². The summed E-state index contributed by atoms with van der Waals surface area (Å²) >= 11 is 0. The Morgan fingerprint density at radius 3 is 2.52 bits per heavy atom. The number of nitrogens with one attached hydrogen (secondary N) is 1. The molecule has 0 saturated carbocycles. The van der Waals surface area contributed by atoms with Crippen molar-refractivity contribution in [2.75, 3.05) is 0 Å². The maximum atomic E-state index is 12.1. The summed E-state index contributed by atoms with van der Waals surface area (Å²) in [4.78, 5) is 12.1. The van der Waals surface area contributed by atoms with Crippen molar-refractivity contribution in [2.45, 2.75) is 46.2 Å². The van der Waals surface area contributed by atoms with Crippen LogP contribution in [0.2, 0.25) is 0 Å². The fourth-order valence-electron chi connectivity index (χ4n) is 2.33. The number of carbonyl (C=O) groups excluding carboxylic acids is 1. The van der Waals surface area contributed by atoms with Gasteiger partial charge in [-0.15, -0.1) is 0 Å². The van der Waals surface area contributed by atoms with E-state index in [1.165, 1.54) is 5.56 Å². The number of nitrogens with zero attached hydrogens (tertiary/aromatic N) is 2. The molecule has 0 aliphatic rings. The zero-order valence-corrected chi connectivity index (χ0v) is 13.0. The van der Waals surface area contributed by atoms with Gasteiger partial charge in [0.15, 0.2) is 0 Å². The molecule has 2 aromatic rings. The fourth-order valence-corrected chi connectivity index (χ4v) is 2.33. The summed E-state index contributed by atoms with van der Waals surface area (Å²) in [6.07, 6.45) is 3.09. The molecule has 0 aliphatic carbocycles. The lowest BCUT2D eigenvalue weighted by atomic mass is 10.0. The minimum atomic E-state index is 0.0670. The average Bonchev–Trinajstić information content (AvgIpc) is 2.89. The van der Waals surface area contributed by atoms with Crippen molar-refractivity contribution in [1.29, 1.82) is 0 Å². The van der Waals surface area contributed by atoms with Gasteiger partial charge in [-0.2, -0.15) is 5.10 Å². The zero-order valence-electron chi connectivity index (χ0n) is 13.0. The van der Waals surface area contributed by atoms with E-state index in [0.717, 1.165) is 17.7 Å². The number of carbonyl (C=O) groups is 1. The Bertz CT molecular complexity index is 586. The van der Waals surface area contributed by atoms with Crippen molar-refractivity contribution in [1.82, 2.24) is 15.1 Å². The van der Waals surface area contributed by atoms with Crippen LogP contribution in [0.4, 0.5) is 0 Å². The highest BCUT2D eigenvalue weighted by Crippen LogP contribution is 2.17. The van der Waals surface area contributed by atoms with E-state index in [9.17, 15) is 4.79 Å². The predicted octanol–water partition coefficient (Wildman–Crippen LogP) is 3.16. The normalized spacial score (nSPS) is 12.1. The van der Waals surface area contributed by atoms with Gasteiger partial charge in [-0.3, -0.25) is 9.48 Å². The summed E-state index contributed by atoms with van der Waals surface area (Å²) in [5, 5.41) is 7.30. The van der Waals surface area contributed by atoms with E-state index in [4.69, 9.17) is 0 Å². The van der Waals surface area contributed by atoms with Gasteiger partial charge in [0.05, 0.1) is 6.04 Å². The summed E-state index contributed by atoms with van der Waals surface area (Å²) in [6.45, 7) is 6.76. The molecule has 2 rings (SSSR count). The first-order chi connectivity index (χ1) is 10.1. The van der Waals surface area contributed by atoms with Gasteiger partial charge in [0.25, 0.3) is 0 Å². The Morgan fingerprint density at radius 1 is 1.24 bits per heavy atom. The van der Waals surface area contributed by atoms with Crippen LogP contribution in [0.3, 0.4) is 0 Å². The molecule has 1 aromatic carbocycles. The molecular formula is C17H23N3O. The van der Waals surface area contributed by atoms with E-state index < -0.39 is 0 Å². The van der Waals surface area contributed by atoms with Gasteiger partial charge in [-0.25, -0.2) is 0 Å². The van der Waals surface area contributed by atoms with Gasteiger partial charge in [-0.1, -0.05) is 36.8 Å². The second-order valence-electron chi connectivity index (χ2n) is 5.38. The predicted molar refractivity (Wildman–Crippen MR) is 83.9 cm³/mol. The van der Waals surface area contributed by atoms with Crippen LogP contribution in [0.25, 0.3) is 0 Å². The SMILES string of the molecule is CCC(NC(=O)CCn1nccc1C)c1ccc(C)cc1. The first-order valence-corrected chi connectivity index (χ1v) is 7.44. The molecule has 0 saturated heterocycles. The molecule has 4 heteroatoms. The van der Waals surface area contributed by atoms with Crippen molar-refractivity contribution in [3.05, 3.63) is 53.3 Å². The lowest BCUT2D eigenvalue weighted by Gasteiger charge is -2.18. The lowest BCUT2D eigenvalue weighted by molar-refractivity contribution is -0.122. The number of amides is 1. The molecule has 0 bridgehead atoms. The number of aryl methyl sites for hydroxylation is 3. The Balaban J connectivity index is 1.90. The third-order valence-corrected chi connectivity index (χ3v) is 3.70. The second kappa shape index (κ2) is 7.07. The number of benzene rings is 1. The lowest BCUT2D eigenvalue weighted by Crippen LogP contribution is -2.29. The molecule has 21 heavy (non-hydrogen) atoms. The van der Waals surface area contributed by atoms with Gasteiger partial charge in [-0.05, 0) is 31.9 Å². The van der Waals surface area contributed by atoms with E-state index >= 15 is 0 Å². The molecule has 4 nitrogen and oxygen atoms in total. The molecule has 0 spiro atoms. The van der Waals surface area contributed by atoms with Crippen molar-refractivity contribution < 1.29 is 4.79 Å². The van der Waals surface area contributed by atoms with Gasteiger partial charge < -0.3 is 5.32 Å². The maximum Gasteiger partial charge on any atom is 0.222 e. The molecule has 112 valence electrons. The fraction of sp³-hybridized carbons (Fsp3) is 0.412. The number of aromatic nitrogens is 2. The van der Waals surface area contributed by atoms with Gasteiger partial charge in [0.1, 0.15) is 0 Å². The second-order valence-corrected chi connectivity index (χ2v) is 5.38. The van der Waals surface area contributed by atoms with Crippen LogP contribution in [-0.2, 0) is 11.3 Å². The van der Waals surface area contributed by atoms with Crippen LogP contribution in [0.15, 0.2) is 36.5 Å². The van der Waals surface area contributed by atoms with Crippen molar-refractivity contribution in [2.24, 2.45) is 0 Å². The third-order valence-electron chi connectivity index (χ3n) is 3.70. The van der Waals surface area contributed by atoms with Gasteiger partial charge in [0, 0.05) is 24.9 Å². The topological polar surface area (TPSA) is 46.9 Å². The smallest absolute Gasteiger partial charge is 0.222 e. The Morgan fingerprint density at radius 2 is 1.95 bits per heavy atom. The van der Waals surface area contributed by atoms with E-state index in [2.05, 4.69) is 48.5 Å². The first-order valence-electron chi connectivity index (χ1n) is 7.44. The third kappa shape index (κ3) is 4.18. The molecule has 1 amide bonds. The first kappa shape index (κ1) is 15.3. The zero-order chi connectivity index (χ0) is 15.2. The average molecular weight is 285 g/mol. The molecule has 0 radical (unpaired) electrons. The highest BCUT2D eigenvalue weighted by Gasteiger charge is 2.12. The maximum absolute atomic E-state index is 12.1. The van der Waals surface area contributed by atoms with Crippen LogP contribution >= 0.6 is 0 Å². The van der Waals surface area contributed by atoms with Crippen molar-refractivity contribution in [3.63, 3.8) is 0 Å². The Labute approximate surface area is 126 Å². The van der Waals surface area contributed by atoms with Gasteiger partial charge >= 0.3 is 0 Å². The van der Waals surface area contributed by atoms with Crippen LogP contribution in [-0.4, -0.2) is 15.7 Å². The molecule has 1 unspecified atom stereocenters. The van der Waals surface area contributed by atoms with E-state index in [1.807, 2.05) is 17.7 Å². The standard InChI is InChI=1S/C17H23N3O/c1-4-16(15-7-5-13(2)6-8-15)19-17(21)10-12-20-14(3)9-11-18-20/h5-9,11,16H,4,10,12H2,1-3H3,(H,19,21). The molecule has 0 aliphatic heterocycles. The van der Waals surface area contributed by atoms with Crippen LogP contribution < -0.4 is 5.32 Å². The summed E-state index contributed by atoms with van der Waals surface area (Å²) in [5.74, 6) is 0.0670. The molecule has 1 N–H and O–H groups in total. The van der Waals surface area contributed by atoms with Crippen LogP contribution in [0.1, 0.15) is 42.6 Å². The van der Waals surface area contributed by atoms with E-state index in [1.54, 1.807) is 6.20 Å². The van der Waals surface area contributed by atoms with Crippen LogP contribution in [0, 0.1) is 13.8 Å². The van der Waals surface area contributed by atoms with Gasteiger partial charge in [0.2, 0.25) is 5.91 Å². The Kier molecular flexibility index (Phi) is 5.14.